The largest absolute Gasteiger partial charge is 0.314 e. The van der Waals surface area contributed by atoms with Crippen molar-refractivity contribution >= 4 is 11.8 Å². The predicted octanol–water partition coefficient (Wildman–Crippen LogP) is 3.95. The van der Waals surface area contributed by atoms with Crippen molar-refractivity contribution in [2.75, 3.05) is 12.3 Å². The molecule has 1 aliphatic heterocycles. The van der Waals surface area contributed by atoms with Crippen LogP contribution in [-0.2, 0) is 0 Å². The van der Waals surface area contributed by atoms with Crippen LogP contribution in [0, 0.1) is 5.92 Å². The monoisotopic (exact) mass is 310 g/mol. The van der Waals surface area contributed by atoms with Gasteiger partial charge in [0.15, 0.2) is 0 Å². The van der Waals surface area contributed by atoms with E-state index in [4.69, 9.17) is 0 Å². The van der Waals surface area contributed by atoms with Gasteiger partial charge >= 0.3 is 0 Å². The van der Waals surface area contributed by atoms with Crippen molar-refractivity contribution in [2.45, 2.75) is 94.5 Å². The van der Waals surface area contributed by atoms with Crippen molar-refractivity contribution in [1.29, 1.82) is 0 Å². The molecule has 3 heteroatoms. The lowest BCUT2D eigenvalue weighted by Crippen LogP contribution is -2.52. The third-order valence-electron chi connectivity index (χ3n) is 5.92. The number of hydrogen-bond donors (Lipinski definition) is 2. The van der Waals surface area contributed by atoms with Crippen molar-refractivity contribution in [3.63, 3.8) is 0 Å². The fourth-order valence-electron chi connectivity index (χ4n) is 4.87. The third kappa shape index (κ3) is 4.39. The maximum absolute atomic E-state index is 4.10. The summed E-state index contributed by atoms with van der Waals surface area (Å²) in [4.78, 5) is 0. The first kappa shape index (κ1) is 16.1. The molecule has 21 heavy (non-hydrogen) atoms. The van der Waals surface area contributed by atoms with Gasteiger partial charge in [-0.15, -0.1) is 0 Å². The van der Waals surface area contributed by atoms with Gasteiger partial charge in [-0.25, -0.2) is 0 Å². The quantitative estimate of drug-likeness (QED) is 0.804. The Labute approximate surface area is 135 Å². The Bertz CT molecular complexity index is 304. The summed E-state index contributed by atoms with van der Waals surface area (Å²) in [6, 6.07) is 2.41. The van der Waals surface area contributed by atoms with Crippen molar-refractivity contribution in [2.24, 2.45) is 5.92 Å². The average molecular weight is 311 g/mol. The molecular weight excluding hydrogens is 276 g/mol. The topological polar surface area (TPSA) is 24.1 Å². The normalized spacial score (nSPS) is 41.3. The summed E-state index contributed by atoms with van der Waals surface area (Å²) in [5.74, 6) is 2.19. The Morgan fingerprint density at radius 3 is 2.67 bits per heavy atom. The molecular formula is C18H34N2S. The Morgan fingerprint density at radius 2 is 1.86 bits per heavy atom. The van der Waals surface area contributed by atoms with Gasteiger partial charge in [0.2, 0.25) is 0 Å². The number of thioether (sulfide) groups is 1. The second kappa shape index (κ2) is 8.21. The molecule has 1 saturated heterocycles. The van der Waals surface area contributed by atoms with Crippen molar-refractivity contribution in [3.05, 3.63) is 0 Å². The van der Waals surface area contributed by atoms with Gasteiger partial charge in [-0.3, -0.25) is 0 Å². The highest BCUT2D eigenvalue weighted by molar-refractivity contribution is 7.99. The Balaban J connectivity index is 1.52. The van der Waals surface area contributed by atoms with Gasteiger partial charge < -0.3 is 10.6 Å². The number of hydrogen-bond acceptors (Lipinski definition) is 3. The van der Waals surface area contributed by atoms with E-state index in [1.54, 1.807) is 0 Å². The molecule has 3 aliphatic rings. The van der Waals surface area contributed by atoms with Crippen molar-refractivity contribution in [3.8, 4) is 0 Å². The van der Waals surface area contributed by atoms with Gasteiger partial charge in [-0.05, 0) is 63.2 Å². The number of piperidine rings is 1. The van der Waals surface area contributed by atoms with E-state index in [1.807, 2.05) is 0 Å². The summed E-state index contributed by atoms with van der Waals surface area (Å²) in [7, 11) is 0. The minimum Gasteiger partial charge on any atom is -0.314 e. The molecule has 3 rings (SSSR count). The maximum atomic E-state index is 4.10. The van der Waals surface area contributed by atoms with Gasteiger partial charge in [0.1, 0.15) is 0 Å². The molecule has 0 radical (unpaired) electrons. The van der Waals surface area contributed by atoms with Crippen LogP contribution >= 0.6 is 11.8 Å². The minimum atomic E-state index is 0.796. The lowest BCUT2D eigenvalue weighted by atomic mass is 9.77. The van der Waals surface area contributed by atoms with Gasteiger partial charge in [0.25, 0.3) is 0 Å². The van der Waals surface area contributed by atoms with Crippen LogP contribution in [0.1, 0.15) is 71.1 Å². The molecule has 0 aromatic carbocycles. The van der Waals surface area contributed by atoms with Gasteiger partial charge in [-0.1, -0.05) is 26.2 Å². The highest BCUT2D eigenvalue weighted by Gasteiger charge is 2.35. The van der Waals surface area contributed by atoms with Crippen molar-refractivity contribution in [1.82, 2.24) is 10.6 Å². The van der Waals surface area contributed by atoms with Gasteiger partial charge in [0, 0.05) is 23.4 Å². The Hall–Kier alpha value is 0.270. The Kier molecular flexibility index (Phi) is 6.31. The zero-order valence-electron chi connectivity index (χ0n) is 13.8. The van der Waals surface area contributed by atoms with E-state index in [2.05, 4.69) is 29.3 Å². The summed E-state index contributed by atoms with van der Waals surface area (Å²) in [5.41, 5.74) is 0. The molecule has 3 fully saturated rings. The average Bonchev–Trinajstić information content (AvgIpc) is 2.96. The zero-order valence-corrected chi connectivity index (χ0v) is 14.6. The summed E-state index contributed by atoms with van der Waals surface area (Å²) >= 11 is 2.18. The van der Waals surface area contributed by atoms with E-state index in [-0.39, 0.29) is 0 Å². The summed E-state index contributed by atoms with van der Waals surface area (Å²) in [6.07, 6.45) is 14.3. The first-order chi connectivity index (χ1) is 10.4. The maximum Gasteiger partial charge on any atom is 0.0113 e. The van der Waals surface area contributed by atoms with Crippen LogP contribution < -0.4 is 10.6 Å². The highest BCUT2D eigenvalue weighted by atomic mass is 32.2. The lowest BCUT2D eigenvalue weighted by Gasteiger charge is -2.41. The van der Waals surface area contributed by atoms with Gasteiger partial charge in [-0.2, -0.15) is 11.8 Å². The summed E-state index contributed by atoms with van der Waals surface area (Å²) in [6.45, 7) is 3.56. The lowest BCUT2D eigenvalue weighted by molar-refractivity contribution is 0.172. The standard InChI is InChI=1S/C18H34N2S/c1-2-21-15-11-10-14(13-15)20-18-9-4-3-7-16(18)17-8-5-6-12-19-17/h14-20H,2-13H2,1H3. The van der Waals surface area contributed by atoms with E-state index in [9.17, 15) is 0 Å². The van der Waals surface area contributed by atoms with E-state index < -0.39 is 0 Å². The fraction of sp³-hybridized carbons (Fsp3) is 1.00. The molecule has 0 spiro atoms. The van der Waals surface area contributed by atoms with Crippen LogP contribution in [0.25, 0.3) is 0 Å². The van der Waals surface area contributed by atoms with E-state index in [0.29, 0.717) is 0 Å². The van der Waals surface area contributed by atoms with Crippen LogP contribution in [0.2, 0.25) is 0 Å². The molecule has 1 heterocycles. The molecule has 0 amide bonds. The fourth-order valence-corrected chi connectivity index (χ4v) is 6.02. The molecule has 5 atom stereocenters. The first-order valence-corrected chi connectivity index (χ1v) is 10.5. The molecule has 2 aliphatic carbocycles. The Morgan fingerprint density at radius 1 is 1.00 bits per heavy atom. The zero-order chi connectivity index (χ0) is 14.5. The molecule has 2 N–H and O–H groups in total. The molecule has 2 saturated carbocycles. The van der Waals surface area contributed by atoms with E-state index in [0.717, 1.165) is 29.3 Å². The second-order valence-corrected chi connectivity index (χ2v) is 8.94. The predicted molar refractivity (Wildman–Crippen MR) is 94.1 cm³/mol. The SMILES string of the molecule is CCSC1CCC(NC2CCCCC2C2CCCCN2)C1. The summed E-state index contributed by atoms with van der Waals surface area (Å²) < 4.78 is 0. The number of nitrogens with one attached hydrogen (secondary N) is 2. The van der Waals surface area contributed by atoms with Crippen LogP contribution in [0.5, 0.6) is 0 Å². The third-order valence-corrected chi connectivity index (χ3v) is 7.15. The first-order valence-electron chi connectivity index (χ1n) is 9.48. The molecule has 0 aromatic rings. The van der Waals surface area contributed by atoms with E-state index in [1.165, 1.54) is 76.5 Å². The van der Waals surface area contributed by atoms with Crippen LogP contribution in [0.4, 0.5) is 0 Å². The second-order valence-electron chi connectivity index (χ2n) is 7.37. The smallest absolute Gasteiger partial charge is 0.0113 e. The molecule has 2 nitrogen and oxygen atoms in total. The van der Waals surface area contributed by atoms with Crippen LogP contribution in [-0.4, -0.2) is 35.7 Å². The highest BCUT2D eigenvalue weighted by Crippen LogP contribution is 2.34. The van der Waals surface area contributed by atoms with Crippen LogP contribution in [0.15, 0.2) is 0 Å². The van der Waals surface area contributed by atoms with Gasteiger partial charge in [0.05, 0.1) is 0 Å². The minimum absolute atomic E-state index is 0.796. The van der Waals surface area contributed by atoms with Crippen molar-refractivity contribution < 1.29 is 0 Å². The number of rotatable bonds is 5. The van der Waals surface area contributed by atoms with E-state index >= 15 is 0 Å². The molecule has 122 valence electrons. The van der Waals surface area contributed by atoms with Crippen LogP contribution in [0.3, 0.4) is 0 Å². The molecule has 0 aromatic heterocycles. The summed E-state index contributed by atoms with van der Waals surface area (Å²) in [5, 5.41) is 8.86. The molecule has 5 unspecified atom stereocenters. The molecule has 0 bridgehead atoms.